The summed E-state index contributed by atoms with van der Waals surface area (Å²) in [6.07, 6.45) is 3.39. The normalized spacial score (nSPS) is 11.2. The molecule has 7 nitrogen and oxygen atoms in total. The molecule has 2 heterocycles. The molecule has 2 aromatic carbocycles. The number of amides is 1. The molecule has 0 aliphatic carbocycles. The molecule has 0 saturated carbocycles. The Morgan fingerprint density at radius 2 is 1.85 bits per heavy atom. The molecule has 4 rings (SSSR count). The summed E-state index contributed by atoms with van der Waals surface area (Å²) in [7, 11) is 1.63. The van der Waals surface area contributed by atoms with Crippen LogP contribution in [0.4, 0.5) is 17.3 Å². The number of nitrogens with zero attached hydrogens (tertiary/aromatic N) is 2. The van der Waals surface area contributed by atoms with Crippen LogP contribution in [0.15, 0.2) is 72.1 Å². The van der Waals surface area contributed by atoms with Crippen molar-refractivity contribution in [3.63, 3.8) is 0 Å². The van der Waals surface area contributed by atoms with Crippen molar-refractivity contribution in [2.75, 3.05) is 17.7 Å². The van der Waals surface area contributed by atoms with Gasteiger partial charge >= 0.3 is 0 Å². The molecule has 33 heavy (non-hydrogen) atoms. The van der Waals surface area contributed by atoms with Gasteiger partial charge in [0.2, 0.25) is 17.7 Å². The number of nitrogens with one attached hydrogen (secondary N) is 2. The van der Waals surface area contributed by atoms with Crippen LogP contribution in [0.1, 0.15) is 13.8 Å². The Morgan fingerprint density at radius 1 is 1.03 bits per heavy atom. The van der Waals surface area contributed by atoms with E-state index in [0.29, 0.717) is 29.2 Å². The van der Waals surface area contributed by atoms with E-state index in [1.165, 1.54) is 17.4 Å². The van der Waals surface area contributed by atoms with Gasteiger partial charge in [-0.2, -0.15) is 4.98 Å². The third kappa shape index (κ3) is 5.87. The number of carbonyl (C=O) groups is 1. The quantitative estimate of drug-likeness (QED) is 0.297. The minimum atomic E-state index is -0.186. The molecule has 0 unspecified atom stereocenters. The fourth-order valence-corrected chi connectivity index (χ4v) is 3.73. The first-order valence-corrected chi connectivity index (χ1v) is 11.3. The topological polar surface area (TPSA) is 85.4 Å². The molecule has 0 atom stereocenters. The molecule has 0 bridgehead atoms. The SMILES string of the molecule is COc1ccc(Nc2nc(Oc3cccc(NC(=O)/C=C/C(C)C)c3)c3sccc3n2)cc1. The molecule has 1 amide bonds. The number of aromatic nitrogens is 2. The lowest BCUT2D eigenvalue weighted by molar-refractivity contribution is -0.111. The standard InChI is InChI=1S/C25H24N4O3S/c1-16(2)7-12-22(30)26-18-5-4-6-20(15-18)32-24-23-21(13-14-33-23)28-25(29-24)27-17-8-10-19(31-3)11-9-17/h4-16H,1-3H3,(H,26,30)(H,27,28,29)/b12-7+. The summed E-state index contributed by atoms with van der Waals surface area (Å²) in [5.41, 5.74) is 2.25. The van der Waals surface area contributed by atoms with Crippen molar-refractivity contribution in [1.29, 1.82) is 0 Å². The number of fused-ring (bicyclic) bond motifs is 1. The van der Waals surface area contributed by atoms with Crippen LogP contribution in [0.2, 0.25) is 0 Å². The number of methoxy groups -OCH3 is 1. The van der Waals surface area contributed by atoms with Crippen LogP contribution in [0.25, 0.3) is 10.2 Å². The summed E-state index contributed by atoms with van der Waals surface area (Å²) >= 11 is 1.50. The van der Waals surface area contributed by atoms with Gasteiger partial charge in [0.15, 0.2) is 0 Å². The summed E-state index contributed by atoms with van der Waals surface area (Å²) in [6.45, 7) is 4.03. The molecule has 0 saturated heterocycles. The Kier molecular flexibility index (Phi) is 6.85. The first-order chi connectivity index (χ1) is 16.0. The number of rotatable bonds is 8. The molecule has 0 aliphatic heterocycles. The zero-order valence-corrected chi connectivity index (χ0v) is 19.3. The van der Waals surface area contributed by atoms with Gasteiger partial charge in [0, 0.05) is 17.4 Å². The van der Waals surface area contributed by atoms with E-state index in [1.807, 2.05) is 73.8 Å². The smallest absolute Gasteiger partial charge is 0.248 e. The number of thiophene rings is 1. The van der Waals surface area contributed by atoms with Crippen LogP contribution in [0, 0.1) is 5.92 Å². The summed E-state index contributed by atoms with van der Waals surface area (Å²) < 4.78 is 12.2. The summed E-state index contributed by atoms with van der Waals surface area (Å²) in [5, 5.41) is 8.00. The van der Waals surface area contributed by atoms with Gasteiger partial charge < -0.3 is 20.1 Å². The van der Waals surface area contributed by atoms with Gasteiger partial charge in [-0.3, -0.25) is 4.79 Å². The highest BCUT2D eigenvalue weighted by atomic mass is 32.1. The van der Waals surface area contributed by atoms with Crippen molar-refractivity contribution in [3.8, 4) is 17.4 Å². The van der Waals surface area contributed by atoms with Gasteiger partial charge in [-0.25, -0.2) is 4.98 Å². The number of ether oxygens (including phenoxy) is 2. The second kappa shape index (κ2) is 10.1. The van der Waals surface area contributed by atoms with Gasteiger partial charge in [-0.05, 0) is 59.8 Å². The van der Waals surface area contributed by atoms with Crippen LogP contribution in [-0.4, -0.2) is 23.0 Å². The predicted molar refractivity (Wildman–Crippen MR) is 133 cm³/mol. The van der Waals surface area contributed by atoms with E-state index < -0.39 is 0 Å². The lowest BCUT2D eigenvalue weighted by Crippen LogP contribution is -2.08. The Balaban J connectivity index is 1.55. The van der Waals surface area contributed by atoms with Gasteiger partial charge in [0.25, 0.3) is 0 Å². The number of carbonyl (C=O) groups excluding carboxylic acids is 1. The van der Waals surface area contributed by atoms with Gasteiger partial charge in [0.05, 0.1) is 12.6 Å². The third-order valence-electron chi connectivity index (χ3n) is 4.57. The van der Waals surface area contributed by atoms with Gasteiger partial charge in [0.1, 0.15) is 16.2 Å². The molecule has 2 aromatic heterocycles. The molecule has 8 heteroatoms. The van der Waals surface area contributed by atoms with Crippen molar-refractivity contribution < 1.29 is 14.3 Å². The van der Waals surface area contributed by atoms with E-state index in [9.17, 15) is 4.79 Å². The van der Waals surface area contributed by atoms with E-state index >= 15 is 0 Å². The van der Waals surface area contributed by atoms with Crippen molar-refractivity contribution in [3.05, 3.63) is 72.1 Å². The fourth-order valence-electron chi connectivity index (χ4n) is 2.98. The van der Waals surface area contributed by atoms with E-state index in [2.05, 4.69) is 20.6 Å². The minimum absolute atomic E-state index is 0.186. The fraction of sp³-hybridized carbons (Fsp3) is 0.160. The molecule has 168 valence electrons. The lowest BCUT2D eigenvalue weighted by atomic mass is 10.2. The Labute approximate surface area is 196 Å². The number of hydrogen-bond donors (Lipinski definition) is 2. The Bertz CT molecular complexity index is 1280. The zero-order valence-electron chi connectivity index (χ0n) is 18.5. The predicted octanol–water partition coefficient (Wildman–Crippen LogP) is 6.39. The van der Waals surface area contributed by atoms with Crippen LogP contribution < -0.4 is 20.1 Å². The van der Waals surface area contributed by atoms with Crippen molar-refractivity contribution in [1.82, 2.24) is 9.97 Å². The Hall–Kier alpha value is -3.91. The first-order valence-electron chi connectivity index (χ1n) is 10.4. The third-order valence-corrected chi connectivity index (χ3v) is 5.46. The highest BCUT2D eigenvalue weighted by molar-refractivity contribution is 7.17. The number of allylic oxidation sites excluding steroid dienone is 1. The molecule has 0 spiro atoms. The van der Waals surface area contributed by atoms with E-state index in [4.69, 9.17) is 9.47 Å². The maximum Gasteiger partial charge on any atom is 0.248 e. The maximum absolute atomic E-state index is 12.1. The van der Waals surface area contributed by atoms with Crippen molar-refractivity contribution >= 4 is 44.8 Å². The van der Waals surface area contributed by atoms with E-state index in [1.54, 1.807) is 13.2 Å². The molecule has 0 radical (unpaired) electrons. The van der Waals surface area contributed by atoms with E-state index in [-0.39, 0.29) is 5.91 Å². The van der Waals surface area contributed by atoms with E-state index in [0.717, 1.165) is 21.7 Å². The number of anilines is 3. The highest BCUT2D eigenvalue weighted by Crippen LogP contribution is 2.33. The van der Waals surface area contributed by atoms with Gasteiger partial charge in [-0.1, -0.05) is 26.0 Å². The zero-order chi connectivity index (χ0) is 23.2. The number of hydrogen-bond acceptors (Lipinski definition) is 7. The number of benzene rings is 2. The molecule has 4 aromatic rings. The molecular formula is C25H24N4O3S. The van der Waals surface area contributed by atoms with Crippen LogP contribution >= 0.6 is 11.3 Å². The van der Waals surface area contributed by atoms with Crippen LogP contribution in [0.3, 0.4) is 0 Å². The van der Waals surface area contributed by atoms with Crippen LogP contribution in [0.5, 0.6) is 17.4 Å². The second-order valence-electron chi connectivity index (χ2n) is 7.56. The molecule has 0 aliphatic rings. The lowest BCUT2D eigenvalue weighted by Gasteiger charge is -2.11. The monoisotopic (exact) mass is 460 g/mol. The van der Waals surface area contributed by atoms with Crippen molar-refractivity contribution in [2.24, 2.45) is 5.92 Å². The second-order valence-corrected chi connectivity index (χ2v) is 8.48. The van der Waals surface area contributed by atoms with Gasteiger partial charge in [-0.15, -0.1) is 11.3 Å². The summed E-state index contributed by atoms with van der Waals surface area (Å²) in [6, 6.07) is 16.6. The largest absolute Gasteiger partial charge is 0.497 e. The molecule has 0 fully saturated rings. The first kappa shape index (κ1) is 22.3. The Morgan fingerprint density at radius 3 is 2.61 bits per heavy atom. The molecule has 2 N–H and O–H groups in total. The van der Waals surface area contributed by atoms with Crippen LogP contribution in [-0.2, 0) is 4.79 Å². The van der Waals surface area contributed by atoms with Crippen molar-refractivity contribution in [2.45, 2.75) is 13.8 Å². The summed E-state index contributed by atoms with van der Waals surface area (Å²) in [5.74, 6) is 2.31. The molecular weight excluding hydrogens is 436 g/mol. The minimum Gasteiger partial charge on any atom is -0.497 e. The average Bonchev–Trinajstić information content (AvgIpc) is 3.27. The highest BCUT2D eigenvalue weighted by Gasteiger charge is 2.12. The average molecular weight is 461 g/mol. The summed E-state index contributed by atoms with van der Waals surface area (Å²) in [4.78, 5) is 21.3. The maximum atomic E-state index is 12.1.